The van der Waals surface area contributed by atoms with Crippen LogP contribution in [-0.4, -0.2) is 26.9 Å². The van der Waals surface area contributed by atoms with Crippen molar-refractivity contribution in [2.24, 2.45) is 0 Å². The van der Waals surface area contributed by atoms with Crippen molar-refractivity contribution in [1.82, 2.24) is 15.2 Å². The van der Waals surface area contributed by atoms with Crippen molar-refractivity contribution in [2.45, 2.75) is 6.42 Å². The van der Waals surface area contributed by atoms with Crippen LogP contribution in [0.25, 0.3) is 22.0 Å². The number of aliphatic hydroxyl groups excluding tert-OH is 1. The van der Waals surface area contributed by atoms with Gasteiger partial charge in [0.1, 0.15) is 5.15 Å². The second kappa shape index (κ2) is 7.34. The van der Waals surface area contributed by atoms with Crippen molar-refractivity contribution >= 4 is 33.9 Å². The summed E-state index contributed by atoms with van der Waals surface area (Å²) < 4.78 is 13.8. The zero-order valence-electron chi connectivity index (χ0n) is 14.2. The smallest absolute Gasteiger partial charge is 0.216 e. The molecule has 0 bridgehead atoms. The maximum absolute atomic E-state index is 13.8. The molecule has 0 spiro atoms. The molecule has 4 rings (SSSR count). The highest BCUT2D eigenvalue weighted by atomic mass is 35.5. The number of rotatable bonds is 5. The van der Waals surface area contributed by atoms with Gasteiger partial charge in [0.25, 0.3) is 0 Å². The highest BCUT2D eigenvalue weighted by Crippen LogP contribution is 2.32. The van der Waals surface area contributed by atoms with Gasteiger partial charge in [-0.2, -0.15) is 9.49 Å². The van der Waals surface area contributed by atoms with Crippen LogP contribution in [0.5, 0.6) is 0 Å². The average Bonchev–Trinajstić information content (AvgIpc) is 3.05. The van der Waals surface area contributed by atoms with Crippen molar-refractivity contribution in [3.63, 3.8) is 0 Å². The lowest BCUT2D eigenvalue weighted by atomic mass is 10.0. The summed E-state index contributed by atoms with van der Waals surface area (Å²) in [5.74, 6) is -0.483. The minimum absolute atomic E-state index is 0.0685. The largest absolute Gasteiger partial charge is 0.396 e. The standard InChI is InChI=1S/C20H16ClFN4O/c21-19-15(13-5-6-18-16(9-13)20(22)26-25-18)10-14(11-23-19)24-17-4-2-1-3-12(17)7-8-27/h1-6,9-11,24,27H,7-8H2,(H,25,26). The minimum atomic E-state index is -0.483. The first-order chi connectivity index (χ1) is 13.2. The molecule has 27 heavy (non-hydrogen) atoms. The average molecular weight is 383 g/mol. The van der Waals surface area contributed by atoms with E-state index in [0.29, 0.717) is 28.0 Å². The summed E-state index contributed by atoms with van der Waals surface area (Å²) >= 11 is 6.29. The summed E-state index contributed by atoms with van der Waals surface area (Å²) in [6.45, 7) is 0.0685. The Morgan fingerprint density at radius 1 is 1.15 bits per heavy atom. The number of hydrogen-bond donors (Lipinski definition) is 3. The number of fused-ring (bicyclic) bond motifs is 1. The summed E-state index contributed by atoms with van der Waals surface area (Å²) in [5.41, 5.74) is 4.60. The van der Waals surface area contributed by atoms with Gasteiger partial charge in [-0.15, -0.1) is 0 Å². The quantitative estimate of drug-likeness (QED) is 0.437. The van der Waals surface area contributed by atoms with E-state index in [1.165, 1.54) is 0 Å². The van der Waals surface area contributed by atoms with E-state index in [4.69, 9.17) is 11.6 Å². The number of benzene rings is 2. The molecule has 0 amide bonds. The summed E-state index contributed by atoms with van der Waals surface area (Å²) in [6, 6.07) is 14.9. The molecule has 0 fully saturated rings. The molecule has 2 aromatic heterocycles. The minimum Gasteiger partial charge on any atom is -0.396 e. The molecule has 0 aliphatic carbocycles. The first kappa shape index (κ1) is 17.5. The number of H-pyrrole nitrogens is 1. The van der Waals surface area contributed by atoms with Gasteiger partial charge in [0.05, 0.1) is 22.8 Å². The van der Waals surface area contributed by atoms with E-state index in [-0.39, 0.29) is 6.61 Å². The zero-order chi connectivity index (χ0) is 18.8. The molecular weight excluding hydrogens is 367 g/mol. The number of aliphatic hydroxyl groups is 1. The molecule has 2 heterocycles. The molecule has 7 heteroatoms. The maximum atomic E-state index is 13.8. The fourth-order valence-electron chi connectivity index (χ4n) is 3.00. The summed E-state index contributed by atoms with van der Waals surface area (Å²) in [7, 11) is 0. The molecule has 0 aliphatic rings. The Hall–Kier alpha value is -2.96. The van der Waals surface area contributed by atoms with E-state index >= 15 is 0 Å². The molecule has 0 saturated heterocycles. The Morgan fingerprint density at radius 3 is 2.85 bits per heavy atom. The Balaban J connectivity index is 1.72. The van der Waals surface area contributed by atoms with E-state index in [9.17, 15) is 9.50 Å². The molecule has 2 aromatic carbocycles. The van der Waals surface area contributed by atoms with Gasteiger partial charge >= 0.3 is 0 Å². The van der Waals surface area contributed by atoms with Gasteiger partial charge < -0.3 is 10.4 Å². The molecule has 0 unspecified atom stereocenters. The van der Waals surface area contributed by atoms with Gasteiger partial charge in [-0.05, 0) is 41.8 Å². The zero-order valence-corrected chi connectivity index (χ0v) is 15.0. The second-order valence-electron chi connectivity index (χ2n) is 6.09. The molecule has 136 valence electrons. The van der Waals surface area contributed by atoms with E-state index < -0.39 is 5.95 Å². The van der Waals surface area contributed by atoms with E-state index in [1.54, 1.807) is 18.3 Å². The highest BCUT2D eigenvalue weighted by molar-refractivity contribution is 6.32. The number of nitrogens with zero attached hydrogens (tertiary/aromatic N) is 2. The van der Waals surface area contributed by atoms with Crippen LogP contribution in [0.2, 0.25) is 5.15 Å². The fraction of sp³-hybridized carbons (Fsp3) is 0.100. The SMILES string of the molecule is OCCc1ccccc1Nc1cnc(Cl)c(-c2ccc3n[nH]c(F)c3c2)c1. The van der Waals surface area contributed by atoms with Crippen molar-refractivity contribution in [3.05, 3.63) is 71.4 Å². The van der Waals surface area contributed by atoms with E-state index in [0.717, 1.165) is 22.5 Å². The first-order valence-electron chi connectivity index (χ1n) is 8.41. The molecule has 0 saturated carbocycles. The number of aromatic nitrogens is 3. The number of aromatic amines is 1. The van der Waals surface area contributed by atoms with Gasteiger partial charge in [0, 0.05) is 17.9 Å². The van der Waals surface area contributed by atoms with Crippen LogP contribution < -0.4 is 5.32 Å². The molecule has 4 aromatic rings. The predicted octanol–water partition coefficient (Wildman–Crippen LogP) is 4.70. The molecular formula is C20H16ClFN4O. The topological polar surface area (TPSA) is 73.8 Å². The van der Waals surface area contributed by atoms with Crippen LogP contribution in [0, 0.1) is 5.95 Å². The van der Waals surface area contributed by atoms with Crippen molar-refractivity contribution < 1.29 is 9.50 Å². The number of anilines is 2. The summed E-state index contributed by atoms with van der Waals surface area (Å²) in [5, 5.41) is 19.5. The van der Waals surface area contributed by atoms with Crippen LogP contribution in [0.1, 0.15) is 5.56 Å². The van der Waals surface area contributed by atoms with E-state index in [1.807, 2.05) is 36.4 Å². The molecule has 0 atom stereocenters. The number of nitrogens with one attached hydrogen (secondary N) is 2. The fourth-order valence-corrected chi connectivity index (χ4v) is 3.21. The third-order valence-corrected chi connectivity index (χ3v) is 4.64. The van der Waals surface area contributed by atoms with Crippen molar-refractivity contribution in [1.29, 1.82) is 0 Å². The van der Waals surface area contributed by atoms with Gasteiger partial charge in [-0.1, -0.05) is 35.9 Å². The summed E-state index contributed by atoms with van der Waals surface area (Å²) in [6.07, 6.45) is 2.19. The van der Waals surface area contributed by atoms with Gasteiger partial charge in [0.2, 0.25) is 5.95 Å². The lowest BCUT2D eigenvalue weighted by Gasteiger charge is -2.13. The highest BCUT2D eigenvalue weighted by Gasteiger charge is 2.11. The van der Waals surface area contributed by atoms with Crippen LogP contribution in [-0.2, 0) is 6.42 Å². The van der Waals surface area contributed by atoms with Crippen LogP contribution in [0.3, 0.4) is 0 Å². The number of pyridine rings is 1. The van der Waals surface area contributed by atoms with E-state index in [2.05, 4.69) is 20.5 Å². The number of halogens is 2. The predicted molar refractivity (Wildman–Crippen MR) is 105 cm³/mol. The monoisotopic (exact) mass is 382 g/mol. The Bertz CT molecular complexity index is 1110. The molecule has 0 aliphatic heterocycles. The third kappa shape index (κ3) is 3.49. The lowest BCUT2D eigenvalue weighted by molar-refractivity contribution is 0.300. The van der Waals surface area contributed by atoms with Crippen molar-refractivity contribution in [2.75, 3.05) is 11.9 Å². The number of para-hydroxylation sites is 1. The second-order valence-corrected chi connectivity index (χ2v) is 6.45. The number of hydrogen-bond acceptors (Lipinski definition) is 4. The van der Waals surface area contributed by atoms with Crippen LogP contribution in [0.15, 0.2) is 54.7 Å². The first-order valence-corrected chi connectivity index (χ1v) is 8.79. The van der Waals surface area contributed by atoms with Gasteiger partial charge in [0.15, 0.2) is 0 Å². The maximum Gasteiger partial charge on any atom is 0.216 e. The molecule has 3 N–H and O–H groups in total. The molecule has 0 radical (unpaired) electrons. The Labute approximate surface area is 159 Å². The summed E-state index contributed by atoms with van der Waals surface area (Å²) in [4.78, 5) is 4.25. The van der Waals surface area contributed by atoms with Crippen molar-refractivity contribution in [3.8, 4) is 11.1 Å². The Morgan fingerprint density at radius 2 is 2.00 bits per heavy atom. The lowest BCUT2D eigenvalue weighted by Crippen LogP contribution is -1.99. The third-order valence-electron chi connectivity index (χ3n) is 4.34. The normalized spacial score (nSPS) is 11.1. The van der Waals surface area contributed by atoms with Crippen LogP contribution >= 0.6 is 11.6 Å². The van der Waals surface area contributed by atoms with Crippen LogP contribution in [0.4, 0.5) is 15.8 Å². The Kier molecular flexibility index (Phi) is 4.75. The van der Waals surface area contributed by atoms with Gasteiger partial charge in [-0.3, -0.25) is 5.10 Å². The van der Waals surface area contributed by atoms with Gasteiger partial charge in [-0.25, -0.2) is 4.98 Å². The molecule has 5 nitrogen and oxygen atoms in total.